The standard InChI is InChI=1S/C43H68O14/c1-38(2)15-17-43(37(51)52)18-16-41(6)21(22(43)19-38)9-10-25-40(5)13-12-26(39(3,4)24(40)11-14-42(25,41)7)55-36-31(49)32(30(48)33(57-36)34(50)53-8)56-35-29(47)28(46)27(45)23(20-44)54-35/h9,22-33,35-36,44-49H,10-20H2,1-8H3,(H,51,52)/t22-,23-,24+,25-,26+,27+,28+,29-,30+,31-,32+,33+,35+,36-,40+,41-,42-,43-/m1/s1. The van der Waals surface area contributed by atoms with Crippen LogP contribution in [0.25, 0.3) is 0 Å². The third kappa shape index (κ3) is 6.48. The molecular formula is C43H68O14. The normalized spacial score (nSPS) is 51.6. The first-order valence-corrected chi connectivity index (χ1v) is 21.2. The number of methoxy groups -OCH3 is 1. The number of carboxylic acid groups (broad SMARTS) is 1. The van der Waals surface area contributed by atoms with Gasteiger partial charge in [-0.3, -0.25) is 4.79 Å². The molecule has 0 radical (unpaired) electrons. The number of hydrogen-bond donors (Lipinski definition) is 7. The number of carbonyl (C=O) groups is 2. The first-order chi connectivity index (χ1) is 26.5. The van der Waals surface area contributed by atoms with Crippen LogP contribution in [0, 0.1) is 50.2 Å². The lowest BCUT2D eigenvalue weighted by atomic mass is 9.33. The smallest absolute Gasteiger partial charge is 0.337 e. The molecule has 4 saturated carbocycles. The van der Waals surface area contributed by atoms with Gasteiger partial charge >= 0.3 is 11.9 Å². The van der Waals surface area contributed by atoms with E-state index >= 15 is 0 Å². The summed E-state index contributed by atoms with van der Waals surface area (Å²) in [5, 5.41) is 74.6. The van der Waals surface area contributed by atoms with Gasteiger partial charge in [0.25, 0.3) is 0 Å². The molecule has 14 heteroatoms. The number of aliphatic hydroxyl groups is 6. The molecule has 2 aliphatic heterocycles. The number of esters is 1. The summed E-state index contributed by atoms with van der Waals surface area (Å²) in [6, 6.07) is 0. The number of aliphatic hydroxyl groups excluding tert-OH is 6. The lowest BCUT2D eigenvalue weighted by Crippen LogP contribution is -2.67. The molecule has 14 nitrogen and oxygen atoms in total. The van der Waals surface area contributed by atoms with Gasteiger partial charge in [0, 0.05) is 0 Å². The molecule has 0 aromatic rings. The number of hydrogen-bond acceptors (Lipinski definition) is 13. The average Bonchev–Trinajstić information content (AvgIpc) is 3.14. The van der Waals surface area contributed by atoms with Crippen molar-refractivity contribution in [2.45, 2.75) is 180 Å². The predicted molar refractivity (Wildman–Crippen MR) is 203 cm³/mol. The number of rotatable bonds is 7. The van der Waals surface area contributed by atoms with E-state index in [1.165, 1.54) is 5.57 Å². The van der Waals surface area contributed by atoms with Crippen molar-refractivity contribution in [3.8, 4) is 0 Å². The predicted octanol–water partition coefficient (Wildman–Crippen LogP) is 3.06. The van der Waals surface area contributed by atoms with Crippen molar-refractivity contribution in [3.05, 3.63) is 11.6 Å². The molecule has 0 spiro atoms. The second kappa shape index (κ2) is 14.7. The average molecular weight is 809 g/mol. The van der Waals surface area contributed by atoms with Crippen LogP contribution in [0.5, 0.6) is 0 Å². The number of allylic oxidation sites excluding steroid dienone is 2. The second-order valence-electron chi connectivity index (χ2n) is 20.9. The fraction of sp³-hybridized carbons (Fsp3) is 0.907. The van der Waals surface area contributed by atoms with Crippen LogP contribution in [0.4, 0.5) is 0 Å². The van der Waals surface area contributed by atoms with E-state index in [2.05, 4.69) is 54.5 Å². The molecule has 0 amide bonds. The molecule has 18 atom stereocenters. The number of ether oxygens (including phenoxy) is 5. The maximum atomic E-state index is 13.1. The van der Waals surface area contributed by atoms with Gasteiger partial charge in [-0.25, -0.2) is 4.79 Å². The zero-order valence-corrected chi connectivity index (χ0v) is 34.9. The Labute approximate surface area is 336 Å². The van der Waals surface area contributed by atoms with Crippen LogP contribution in [0.2, 0.25) is 0 Å². The van der Waals surface area contributed by atoms with Gasteiger partial charge in [-0.2, -0.15) is 0 Å². The molecule has 5 aliphatic carbocycles. The number of carbonyl (C=O) groups excluding carboxylic acids is 1. The highest BCUT2D eigenvalue weighted by molar-refractivity contribution is 5.77. The van der Waals surface area contributed by atoms with E-state index in [-0.39, 0.29) is 33.5 Å². The van der Waals surface area contributed by atoms with E-state index in [4.69, 9.17) is 23.7 Å². The molecular weight excluding hydrogens is 740 g/mol. The number of fused-ring (bicyclic) bond motifs is 7. The molecule has 7 N–H and O–H groups in total. The van der Waals surface area contributed by atoms with Crippen LogP contribution in [-0.4, -0.2) is 129 Å². The second-order valence-corrected chi connectivity index (χ2v) is 20.9. The minimum absolute atomic E-state index is 0.0316. The first kappa shape index (κ1) is 43.4. The van der Waals surface area contributed by atoms with Crippen molar-refractivity contribution in [1.29, 1.82) is 0 Å². The SMILES string of the molecule is COC(=O)[C@H]1O[C@@H](O[C@H]2CC[C@]3(C)[C@H]4CC=C5[C@H]6CC(C)(C)CC[C@@]6(C(=O)O)CC[C@@]5(C)[C@]4(C)CC[C@H]3C2(C)C)[C@H](O)[C@@H](O[C@@H]2O[C@H](CO)[C@H](O)[C@H](O)[C@H]2O)[C@@H]1O. The number of aliphatic carboxylic acids is 1. The molecule has 2 heterocycles. The van der Waals surface area contributed by atoms with Gasteiger partial charge in [0.2, 0.25) is 0 Å². The summed E-state index contributed by atoms with van der Waals surface area (Å²) in [5.74, 6) is -0.993. The van der Waals surface area contributed by atoms with E-state index < -0.39 is 96.9 Å². The van der Waals surface area contributed by atoms with Crippen LogP contribution in [0.1, 0.15) is 113 Å². The van der Waals surface area contributed by atoms with Crippen molar-refractivity contribution in [2.75, 3.05) is 13.7 Å². The summed E-state index contributed by atoms with van der Waals surface area (Å²) >= 11 is 0. The maximum Gasteiger partial charge on any atom is 0.337 e. The molecule has 7 aliphatic rings. The van der Waals surface area contributed by atoms with Gasteiger partial charge in [-0.1, -0.05) is 60.1 Å². The summed E-state index contributed by atoms with van der Waals surface area (Å²) in [4.78, 5) is 26.0. The highest BCUT2D eigenvalue weighted by atomic mass is 16.7. The van der Waals surface area contributed by atoms with Crippen LogP contribution in [0.15, 0.2) is 11.6 Å². The van der Waals surface area contributed by atoms with Gasteiger partial charge in [-0.15, -0.1) is 0 Å². The molecule has 57 heavy (non-hydrogen) atoms. The van der Waals surface area contributed by atoms with E-state index in [1.807, 2.05) is 0 Å². The molecule has 0 bridgehead atoms. The van der Waals surface area contributed by atoms with Crippen LogP contribution < -0.4 is 0 Å². The monoisotopic (exact) mass is 808 g/mol. The molecule has 6 fully saturated rings. The zero-order valence-electron chi connectivity index (χ0n) is 34.9. The molecule has 0 aromatic heterocycles. The minimum atomic E-state index is -1.82. The molecule has 324 valence electrons. The molecule has 2 saturated heterocycles. The zero-order chi connectivity index (χ0) is 41.8. The Morgan fingerprint density at radius 3 is 2.09 bits per heavy atom. The Kier molecular flexibility index (Phi) is 11.2. The van der Waals surface area contributed by atoms with Crippen molar-refractivity contribution in [1.82, 2.24) is 0 Å². The van der Waals surface area contributed by atoms with E-state index in [9.17, 15) is 45.3 Å². The highest BCUT2D eigenvalue weighted by Crippen LogP contribution is 2.76. The van der Waals surface area contributed by atoms with Gasteiger partial charge in [0.1, 0.15) is 42.7 Å². The Bertz CT molecular complexity index is 1580. The third-order valence-electron chi connectivity index (χ3n) is 17.4. The molecule has 7 rings (SSSR count). The number of carboxylic acids is 1. The molecule has 0 unspecified atom stereocenters. The van der Waals surface area contributed by atoms with Gasteiger partial charge < -0.3 is 59.4 Å². The summed E-state index contributed by atoms with van der Waals surface area (Å²) in [7, 11) is 1.13. The summed E-state index contributed by atoms with van der Waals surface area (Å²) in [6.45, 7) is 15.6. The highest BCUT2D eigenvalue weighted by Gasteiger charge is 2.70. The summed E-state index contributed by atoms with van der Waals surface area (Å²) in [5.41, 5.74) is 0.0788. The van der Waals surface area contributed by atoms with Gasteiger partial charge in [0.05, 0.1) is 25.2 Å². The Morgan fingerprint density at radius 2 is 1.44 bits per heavy atom. The largest absolute Gasteiger partial charge is 0.481 e. The fourth-order valence-electron chi connectivity index (χ4n) is 13.8. The summed E-state index contributed by atoms with van der Waals surface area (Å²) in [6.07, 6.45) is -6.08. The van der Waals surface area contributed by atoms with E-state index in [0.717, 1.165) is 58.5 Å². The van der Waals surface area contributed by atoms with E-state index in [1.54, 1.807) is 0 Å². The van der Waals surface area contributed by atoms with Crippen LogP contribution in [-0.2, 0) is 33.3 Å². The van der Waals surface area contributed by atoms with Crippen molar-refractivity contribution in [2.24, 2.45) is 50.2 Å². The molecule has 0 aromatic carbocycles. The van der Waals surface area contributed by atoms with Crippen LogP contribution in [0.3, 0.4) is 0 Å². The van der Waals surface area contributed by atoms with Gasteiger partial charge in [0.15, 0.2) is 18.7 Å². The van der Waals surface area contributed by atoms with Gasteiger partial charge in [-0.05, 0) is 109 Å². The quantitative estimate of drug-likeness (QED) is 0.112. The van der Waals surface area contributed by atoms with E-state index in [0.29, 0.717) is 18.8 Å². The fourth-order valence-corrected chi connectivity index (χ4v) is 13.8. The third-order valence-corrected chi connectivity index (χ3v) is 17.4. The van der Waals surface area contributed by atoms with Crippen LogP contribution >= 0.6 is 0 Å². The van der Waals surface area contributed by atoms with Crippen molar-refractivity contribution >= 4 is 11.9 Å². The summed E-state index contributed by atoms with van der Waals surface area (Å²) < 4.78 is 28.9. The minimum Gasteiger partial charge on any atom is -0.481 e. The van der Waals surface area contributed by atoms with Crippen molar-refractivity contribution in [3.63, 3.8) is 0 Å². The maximum absolute atomic E-state index is 13.1. The Morgan fingerprint density at radius 1 is 0.772 bits per heavy atom. The van der Waals surface area contributed by atoms with Crippen molar-refractivity contribution < 1.29 is 69.0 Å². The topological polar surface area (TPSA) is 222 Å². The first-order valence-electron chi connectivity index (χ1n) is 21.2. The Balaban J connectivity index is 1.13. The lowest BCUT2D eigenvalue weighted by molar-refractivity contribution is -0.365. The lowest BCUT2D eigenvalue weighted by Gasteiger charge is -2.71. The Hall–Kier alpha value is -1.72.